The van der Waals surface area contributed by atoms with Gasteiger partial charge >= 0.3 is 5.97 Å². The Morgan fingerprint density at radius 2 is 1.81 bits per heavy atom. The lowest BCUT2D eigenvalue weighted by atomic mass is 9.76. The van der Waals surface area contributed by atoms with Crippen LogP contribution in [-0.2, 0) is 25.5 Å². The molecule has 4 rings (SSSR count). The van der Waals surface area contributed by atoms with Crippen molar-refractivity contribution in [3.63, 3.8) is 0 Å². The highest BCUT2D eigenvalue weighted by atomic mass is 16.5. The van der Waals surface area contributed by atoms with Crippen LogP contribution in [0.25, 0.3) is 0 Å². The van der Waals surface area contributed by atoms with Gasteiger partial charge in [0.15, 0.2) is 0 Å². The lowest BCUT2D eigenvalue weighted by molar-refractivity contribution is -0.154. The van der Waals surface area contributed by atoms with Gasteiger partial charge in [-0.15, -0.1) is 0 Å². The van der Waals surface area contributed by atoms with Gasteiger partial charge in [0.05, 0.1) is 18.9 Å². The number of amides is 2. The molecule has 2 saturated heterocycles. The van der Waals surface area contributed by atoms with E-state index in [1.54, 1.807) is 19.1 Å². The van der Waals surface area contributed by atoms with Crippen LogP contribution in [0.3, 0.4) is 0 Å². The van der Waals surface area contributed by atoms with E-state index in [0.717, 1.165) is 16.7 Å². The van der Waals surface area contributed by atoms with E-state index >= 15 is 0 Å². The molecule has 0 aliphatic carbocycles. The Balaban J connectivity index is 1.88. The van der Waals surface area contributed by atoms with E-state index in [0.29, 0.717) is 0 Å². The maximum absolute atomic E-state index is 13.4. The molecule has 0 saturated carbocycles. The Labute approximate surface area is 181 Å². The third kappa shape index (κ3) is 3.20. The molecule has 2 amide bonds. The summed E-state index contributed by atoms with van der Waals surface area (Å²) in [5.74, 6) is -2.68. The molecule has 2 heterocycles. The molecule has 7 nitrogen and oxygen atoms in total. The predicted octanol–water partition coefficient (Wildman–Crippen LogP) is 2.12. The van der Waals surface area contributed by atoms with Gasteiger partial charge in [0.25, 0.3) is 0 Å². The van der Waals surface area contributed by atoms with Gasteiger partial charge < -0.3 is 9.84 Å². The lowest BCUT2D eigenvalue weighted by Gasteiger charge is -2.32. The minimum Gasteiger partial charge on any atom is -0.508 e. The number of hydrogen-bond donors (Lipinski definition) is 2. The Hall–Kier alpha value is -3.19. The van der Waals surface area contributed by atoms with E-state index in [1.165, 1.54) is 24.1 Å². The molecule has 2 N–H and O–H groups in total. The number of nitrogens with one attached hydrogen (secondary N) is 1. The molecule has 7 heteroatoms. The summed E-state index contributed by atoms with van der Waals surface area (Å²) in [6.07, 6.45) is 0.153. The minimum atomic E-state index is -1.40. The Kier molecular flexibility index (Phi) is 5.31. The molecule has 2 aliphatic heterocycles. The molecule has 0 bridgehead atoms. The summed E-state index contributed by atoms with van der Waals surface area (Å²) in [6, 6.07) is 13.6. The molecule has 0 aromatic heterocycles. The Bertz CT molecular complexity index is 1030. The van der Waals surface area contributed by atoms with E-state index in [1.807, 2.05) is 31.2 Å². The van der Waals surface area contributed by atoms with Gasteiger partial charge in [-0.2, -0.15) is 0 Å². The standard InChI is InChI=1S/C24H26N2O5/c1-4-26-21(28)18-19(22(26)29)24(23(30)31-3,13-15-9-11-16(27)12-10-15)25-20(18)17-8-6-5-7-14(17)2/h5-12,18-20,25,27H,4,13H2,1-3H3/t18-,19+,20-,24+/m0/s1. The van der Waals surface area contributed by atoms with Crippen LogP contribution in [-0.4, -0.2) is 47.0 Å². The molecule has 2 aromatic carbocycles. The number of ether oxygens (including phenoxy) is 1. The highest BCUT2D eigenvalue weighted by molar-refractivity contribution is 6.09. The quantitative estimate of drug-likeness (QED) is 0.566. The molecular weight excluding hydrogens is 396 g/mol. The van der Waals surface area contributed by atoms with Crippen molar-refractivity contribution in [1.82, 2.24) is 10.2 Å². The van der Waals surface area contributed by atoms with Crippen molar-refractivity contribution in [2.24, 2.45) is 11.8 Å². The van der Waals surface area contributed by atoms with Crippen molar-refractivity contribution in [1.29, 1.82) is 0 Å². The lowest BCUT2D eigenvalue weighted by Crippen LogP contribution is -2.57. The third-order valence-corrected chi connectivity index (χ3v) is 6.55. The van der Waals surface area contributed by atoms with Crippen molar-refractivity contribution in [3.05, 3.63) is 65.2 Å². The van der Waals surface area contributed by atoms with Gasteiger partial charge in [-0.05, 0) is 42.7 Å². The van der Waals surface area contributed by atoms with Crippen LogP contribution in [0.5, 0.6) is 5.75 Å². The van der Waals surface area contributed by atoms with Gasteiger partial charge in [-0.1, -0.05) is 36.4 Å². The van der Waals surface area contributed by atoms with Crippen molar-refractivity contribution in [3.8, 4) is 5.75 Å². The van der Waals surface area contributed by atoms with Gasteiger partial charge in [0, 0.05) is 19.0 Å². The maximum Gasteiger partial charge on any atom is 0.327 e. The number of hydrogen-bond acceptors (Lipinski definition) is 6. The number of imide groups is 1. The van der Waals surface area contributed by atoms with E-state index in [-0.39, 0.29) is 30.5 Å². The summed E-state index contributed by atoms with van der Waals surface area (Å²) >= 11 is 0. The Morgan fingerprint density at radius 1 is 1.13 bits per heavy atom. The number of rotatable bonds is 5. The highest BCUT2D eigenvalue weighted by Crippen LogP contribution is 2.50. The fourth-order valence-electron chi connectivity index (χ4n) is 5.12. The van der Waals surface area contributed by atoms with Crippen molar-refractivity contribution in [2.45, 2.75) is 31.8 Å². The van der Waals surface area contributed by atoms with Gasteiger partial charge in [0.2, 0.25) is 11.8 Å². The summed E-state index contributed by atoms with van der Waals surface area (Å²) in [5, 5.41) is 13.0. The topological polar surface area (TPSA) is 95.9 Å². The van der Waals surface area contributed by atoms with Gasteiger partial charge in [-0.3, -0.25) is 24.6 Å². The number of nitrogens with zero attached hydrogens (tertiary/aromatic N) is 1. The van der Waals surface area contributed by atoms with Crippen LogP contribution in [0.2, 0.25) is 0 Å². The first-order valence-electron chi connectivity index (χ1n) is 10.4. The van der Waals surface area contributed by atoms with Crippen molar-refractivity contribution in [2.75, 3.05) is 13.7 Å². The summed E-state index contributed by atoms with van der Waals surface area (Å²) in [4.78, 5) is 41.2. The summed E-state index contributed by atoms with van der Waals surface area (Å²) in [6.45, 7) is 3.96. The van der Waals surface area contributed by atoms with Crippen molar-refractivity contribution < 1.29 is 24.2 Å². The van der Waals surface area contributed by atoms with E-state index in [2.05, 4.69) is 5.32 Å². The largest absolute Gasteiger partial charge is 0.508 e. The first kappa shape index (κ1) is 21.1. The molecule has 2 aliphatic rings. The number of phenolic OH excluding ortho intramolecular Hbond substituents is 1. The Morgan fingerprint density at radius 3 is 2.42 bits per heavy atom. The van der Waals surface area contributed by atoms with Crippen molar-refractivity contribution >= 4 is 17.8 Å². The summed E-state index contributed by atoms with van der Waals surface area (Å²) in [7, 11) is 1.29. The fraction of sp³-hybridized carbons (Fsp3) is 0.375. The van der Waals surface area contributed by atoms with Gasteiger partial charge in [-0.25, -0.2) is 0 Å². The molecule has 0 spiro atoms. The van der Waals surface area contributed by atoms with Crippen LogP contribution in [0.1, 0.15) is 29.7 Å². The molecule has 162 valence electrons. The fourth-order valence-corrected chi connectivity index (χ4v) is 5.12. The predicted molar refractivity (Wildman–Crippen MR) is 113 cm³/mol. The molecule has 0 unspecified atom stereocenters. The number of carbonyl (C=O) groups excluding carboxylic acids is 3. The average Bonchev–Trinajstić information content (AvgIpc) is 3.23. The third-order valence-electron chi connectivity index (χ3n) is 6.55. The van der Waals surface area contributed by atoms with Crippen LogP contribution in [0, 0.1) is 18.8 Å². The number of carbonyl (C=O) groups is 3. The van der Waals surface area contributed by atoms with Crippen LogP contribution < -0.4 is 5.32 Å². The summed E-state index contributed by atoms with van der Waals surface area (Å²) < 4.78 is 5.18. The number of aromatic hydroxyl groups is 1. The van der Waals surface area contributed by atoms with E-state index in [9.17, 15) is 19.5 Å². The van der Waals surface area contributed by atoms with Crippen LogP contribution >= 0.6 is 0 Å². The zero-order valence-electron chi connectivity index (χ0n) is 17.8. The number of likely N-dealkylation sites (tertiary alicyclic amines) is 1. The van der Waals surface area contributed by atoms with E-state index < -0.39 is 29.4 Å². The monoisotopic (exact) mass is 422 g/mol. The number of aryl methyl sites for hydroxylation is 1. The van der Waals surface area contributed by atoms with Crippen LogP contribution in [0.4, 0.5) is 0 Å². The molecule has 2 fully saturated rings. The minimum absolute atomic E-state index is 0.107. The molecule has 31 heavy (non-hydrogen) atoms. The second kappa shape index (κ2) is 7.81. The maximum atomic E-state index is 13.4. The number of benzene rings is 2. The number of methoxy groups -OCH3 is 1. The molecule has 2 aromatic rings. The normalized spacial score (nSPS) is 27.5. The van der Waals surface area contributed by atoms with Gasteiger partial charge in [0.1, 0.15) is 11.3 Å². The number of fused-ring (bicyclic) bond motifs is 1. The molecule has 4 atom stereocenters. The first-order valence-corrected chi connectivity index (χ1v) is 10.4. The smallest absolute Gasteiger partial charge is 0.327 e. The number of esters is 1. The SMILES string of the molecule is CCN1C(=O)[C@@H]2[C@H](c3ccccc3C)N[C@@](Cc3ccc(O)cc3)(C(=O)OC)[C@H]2C1=O. The summed E-state index contributed by atoms with van der Waals surface area (Å²) in [5.41, 5.74) is 1.20. The second-order valence-electron chi connectivity index (χ2n) is 8.21. The zero-order valence-corrected chi connectivity index (χ0v) is 17.8. The first-order chi connectivity index (χ1) is 14.8. The van der Waals surface area contributed by atoms with E-state index in [4.69, 9.17) is 4.74 Å². The zero-order chi connectivity index (χ0) is 22.3. The number of phenols is 1. The molecular formula is C24H26N2O5. The van der Waals surface area contributed by atoms with Crippen LogP contribution in [0.15, 0.2) is 48.5 Å². The average molecular weight is 422 g/mol. The molecule has 0 radical (unpaired) electrons. The highest BCUT2D eigenvalue weighted by Gasteiger charge is 2.68. The second-order valence-corrected chi connectivity index (χ2v) is 8.21.